The van der Waals surface area contributed by atoms with Crippen LogP contribution in [0.3, 0.4) is 0 Å². The summed E-state index contributed by atoms with van der Waals surface area (Å²) in [5, 5.41) is 11.6. The molecule has 0 spiro atoms. The molecular weight excluding hydrogens is 256 g/mol. The van der Waals surface area contributed by atoms with Gasteiger partial charge in [0.05, 0.1) is 6.61 Å². The third kappa shape index (κ3) is 3.80. The molecule has 1 aromatic carbocycles. The number of hydrogen-bond acceptors (Lipinski definition) is 4. The SMILES string of the molecule is CC(CO)NC(=O)c1cccc(Oc2ccncc2)c1. The quantitative estimate of drug-likeness (QED) is 0.873. The Kier molecular flexibility index (Phi) is 4.68. The molecule has 20 heavy (non-hydrogen) atoms. The molecule has 1 unspecified atom stereocenters. The minimum atomic E-state index is -0.285. The lowest BCUT2D eigenvalue weighted by Gasteiger charge is -2.11. The summed E-state index contributed by atoms with van der Waals surface area (Å²) in [6.07, 6.45) is 3.27. The van der Waals surface area contributed by atoms with E-state index in [1.807, 2.05) is 0 Å². The average Bonchev–Trinajstić information content (AvgIpc) is 2.48. The van der Waals surface area contributed by atoms with Crippen molar-refractivity contribution in [2.24, 2.45) is 0 Å². The van der Waals surface area contributed by atoms with Crippen LogP contribution in [0.4, 0.5) is 0 Å². The fourth-order valence-corrected chi connectivity index (χ4v) is 1.60. The van der Waals surface area contributed by atoms with Crippen molar-refractivity contribution in [2.75, 3.05) is 6.61 Å². The normalized spacial score (nSPS) is 11.7. The second kappa shape index (κ2) is 6.68. The number of amides is 1. The topological polar surface area (TPSA) is 71.5 Å². The summed E-state index contributed by atoms with van der Waals surface area (Å²) in [7, 11) is 0. The van der Waals surface area contributed by atoms with Crippen LogP contribution >= 0.6 is 0 Å². The lowest BCUT2D eigenvalue weighted by atomic mass is 10.2. The fourth-order valence-electron chi connectivity index (χ4n) is 1.60. The van der Waals surface area contributed by atoms with E-state index < -0.39 is 0 Å². The Hall–Kier alpha value is -2.40. The zero-order valence-electron chi connectivity index (χ0n) is 11.1. The van der Waals surface area contributed by atoms with Gasteiger partial charge in [-0.3, -0.25) is 9.78 Å². The van der Waals surface area contributed by atoms with Gasteiger partial charge >= 0.3 is 0 Å². The highest BCUT2D eigenvalue weighted by atomic mass is 16.5. The highest BCUT2D eigenvalue weighted by molar-refractivity contribution is 5.94. The molecule has 0 fully saturated rings. The summed E-state index contributed by atoms with van der Waals surface area (Å²) in [6.45, 7) is 1.63. The van der Waals surface area contributed by atoms with Crippen LogP contribution in [0.5, 0.6) is 11.5 Å². The molecular formula is C15H16N2O3. The number of benzene rings is 1. The molecule has 1 heterocycles. The van der Waals surface area contributed by atoms with E-state index in [2.05, 4.69) is 10.3 Å². The van der Waals surface area contributed by atoms with Crippen molar-refractivity contribution in [3.8, 4) is 11.5 Å². The van der Waals surface area contributed by atoms with Gasteiger partial charge in [0.25, 0.3) is 5.91 Å². The summed E-state index contributed by atoms with van der Waals surface area (Å²) in [6, 6.07) is 10.0. The second-order valence-corrected chi connectivity index (χ2v) is 4.37. The Bertz CT molecular complexity index is 572. The number of aromatic nitrogens is 1. The summed E-state index contributed by atoms with van der Waals surface area (Å²) < 4.78 is 5.63. The van der Waals surface area contributed by atoms with Gasteiger partial charge in [-0.2, -0.15) is 0 Å². The van der Waals surface area contributed by atoms with Crippen LogP contribution in [-0.4, -0.2) is 28.6 Å². The molecule has 5 nitrogen and oxygen atoms in total. The molecule has 2 rings (SSSR count). The first-order valence-corrected chi connectivity index (χ1v) is 6.28. The van der Waals surface area contributed by atoms with Crippen LogP contribution in [0.25, 0.3) is 0 Å². The standard InChI is InChI=1S/C15H16N2O3/c1-11(10-18)17-15(19)12-3-2-4-14(9-12)20-13-5-7-16-8-6-13/h2-9,11,18H,10H2,1H3,(H,17,19). The monoisotopic (exact) mass is 272 g/mol. The van der Waals surface area contributed by atoms with Crippen LogP contribution in [0.1, 0.15) is 17.3 Å². The molecule has 5 heteroatoms. The lowest BCUT2D eigenvalue weighted by Crippen LogP contribution is -2.34. The van der Waals surface area contributed by atoms with Crippen LogP contribution in [0, 0.1) is 0 Å². The molecule has 0 radical (unpaired) electrons. The van der Waals surface area contributed by atoms with Gasteiger partial charge in [-0.05, 0) is 37.3 Å². The summed E-state index contributed by atoms with van der Waals surface area (Å²) in [5.74, 6) is 0.980. The molecule has 0 saturated carbocycles. The van der Waals surface area contributed by atoms with Gasteiger partial charge < -0.3 is 15.2 Å². The molecule has 104 valence electrons. The van der Waals surface area contributed by atoms with Gasteiger partial charge in [0, 0.05) is 24.0 Å². The first kappa shape index (κ1) is 14.0. The molecule has 0 aliphatic rings. The number of aliphatic hydroxyl groups excluding tert-OH is 1. The Morgan fingerprint density at radius 3 is 2.75 bits per heavy atom. The van der Waals surface area contributed by atoms with Crippen molar-refractivity contribution >= 4 is 5.91 Å². The number of rotatable bonds is 5. The van der Waals surface area contributed by atoms with Crippen LogP contribution in [-0.2, 0) is 0 Å². The molecule has 2 N–H and O–H groups in total. The van der Waals surface area contributed by atoms with E-state index in [1.165, 1.54) is 0 Å². The molecule has 0 saturated heterocycles. The molecule has 2 aromatic rings. The first-order valence-electron chi connectivity index (χ1n) is 6.28. The molecule has 1 amide bonds. The number of hydrogen-bond donors (Lipinski definition) is 2. The minimum Gasteiger partial charge on any atom is -0.457 e. The van der Waals surface area contributed by atoms with E-state index in [9.17, 15) is 4.79 Å². The van der Waals surface area contributed by atoms with E-state index >= 15 is 0 Å². The minimum absolute atomic E-state index is 0.0983. The number of aliphatic hydroxyl groups is 1. The van der Waals surface area contributed by atoms with Crippen molar-refractivity contribution in [3.63, 3.8) is 0 Å². The maximum Gasteiger partial charge on any atom is 0.251 e. The first-order chi connectivity index (χ1) is 9.69. The molecule has 0 aliphatic heterocycles. The molecule has 0 aliphatic carbocycles. The fraction of sp³-hybridized carbons (Fsp3) is 0.200. The highest BCUT2D eigenvalue weighted by Crippen LogP contribution is 2.21. The number of nitrogens with zero attached hydrogens (tertiary/aromatic N) is 1. The maximum atomic E-state index is 11.9. The van der Waals surface area contributed by atoms with Gasteiger partial charge in [0.1, 0.15) is 11.5 Å². The lowest BCUT2D eigenvalue weighted by molar-refractivity contribution is 0.0922. The molecule has 1 aromatic heterocycles. The molecule has 0 bridgehead atoms. The third-order valence-electron chi connectivity index (χ3n) is 2.63. The predicted molar refractivity (Wildman–Crippen MR) is 74.8 cm³/mol. The zero-order chi connectivity index (χ0) is 14.4. The van der Waals surface area contributed by atoms with E-state index in [-0.39, 0.29) is 18.6 Å². The number of carbonyl (C=O) groups is 1. The smallest absolute Gasteiger partial charge is 0.251 e. The van der Waals surface area contributed by atoms with Crippen molar-refractivity contribution in [3.05, 3.63) is 54.4 Å². The van der Waals surface area contributed by atoms with Crippen LogP contribution in [0.15, 0.2) is 48.8 Å². The zero-order valence-corrected chi connectivity index (χ0v) is 11.1. The van der Waals surface area contributed by atoms with Gasteiger partial charge in [-0.25, -0.2) is 0 Å². The van der Waals surface area contributed by atoms with Crippen molar-refractivity contribution in [2.45, 2.75) is 13.0 Å². The Labute approximate surface area is 117 Å². The van der Waals surface area contributed by atoms with E-state index in [0.717, 1.165) is 0 Å². The number of carbonyl (C=O) groups excluding carboxylic acids is 1. The summed E-state index contributed by atoms with van der Waals surface area (Å²) in [4.78, 5) is 15.8. The second-order valence-electron chi connectivity index (χ2n) is 4.37. The van der Waals surface area contributed by atoms with Gasteiger partial charge in [0.2, 0.25) is 0 Å². The number of ether oxygens (including phenoxy) is 1. The van der Waals surface area contributed by atoms with Gasteiger partial charge in [-0.15, -0.1) is 0 Å². The largest absolute Gasteiger partial charge is 0.457 e. The van der Waals surface area contributed by atoms with E-state index in [0.29, 0.717) is 17.1 Å². The average molecular weight is 272 g/mol. The van der Waals surface area contributed by atoms with Gasteiger partial charge in [0.15, 0.2) is 0 Å². The number of pyridine rings is 1. The molecule has 1 atom stereocenters. The number of nitrogens with one attached hydrogen (secondary N) is 1. The van der Waals surface area contributed by atoms with Gasteiger partial charge in [-0.1, -0.05) is 6.07 Å². The summed E-state index contributed by atoms with van der Waals surface area (Å²) >= 11 is 0. The van der Waals surface area contributed by atoms with Crippen molar-refractivity contribution in [1.82, 2.24) is 10.3 Å². The van der Waals surface area contributed by atoms with Crippen LogP contribution in [0.2, 0.25) is 0 Å². The maximum absolute atomic E-state index is 11.9. The Morgan fingerprint density at radius 1 is 1.30 bits per heavy atom. The van der Waals surface area contributed by atoms with Crippen LogP contribution < -0.4 is 10.1 Å². The van der Waals surface area contributed by atoms with E-state index in [4.69, 9.17) is 9.84 Å². The Balaban J connectivity index is 2.10. The summed E-state index contributed by atoms with van der Waals surface area (Å²) in [5.41, 5.74) is 0.483. The highest BCUT2D eigenvalue weighted by Gasteiger charge is 2.09. The predicted octanol–water partition coefficient (Wildman–Crippen LogP) is 1.98. The van der Waals surface area contributed by atoms with Crippen molar-refractivity contribution in [1.29, 1.82) is 0 Å². The Morgan fingerprint density at radius 2 is 2.05 bits per heavy atom. The third-order valence-corrected chi connectivity index (χ3v) is 2.63. The van der Waals surface area contributed by atoms with E-state index in [1.54, 1.807) is 55.7 Å². The van der Waals surface area contributed by atoms with Crippen molar-refractivity contribution < 1.29 is 14.6 Å².